The molecule has 0 aliphatic heterocycles. The fourth-order valence-corrected chi connectivity index (χ4v) is 4.17. The molecule has 4 aromatic rings. The van der Waals surface area contributed by atoms with Crippen molar-refractivity contribution in [2.75, 3.05) is 6.61 Å². The summed E-state index contributed by atoms with van der Waals surface area (Å²) in [5.41, 5.74) is 6.40. The van der Waals surface area contributed by atoms with Crippen LogP contribution >= 0.6 is 0 Å². The lowest BCUT2D eigenvalue weighted by Gasteiger charge is -2.12. The highest BCUT2D eigenvalue weighted by Crippen LogP contribution is 2.35. The zero-order chi connectivity index (χ0) is 22.7. The molecule has 0 amide bonds. The van der Waals surface area contributed by atoms with Crippen molar-refractivity contribution in [1.82, 2.24) is 4.57 Å². The lowest BCUT2D eigenvalue weighted by molar-refractivity contribution is 0.0919. The summed E-state index contributed by atoms with van der Waals surface area (Å²) in [5, 5.41) is 1.09. The van der Waals surface area contributed by atoms with E-state index in [4.69, 9.17) is 4.74 Å². The van der Waals surface area contributed by atoms with Crippen molar-refractivity contribution in [3.05, 3.63) is 102 Å². The van der Waals surface area contributed by atoms with Crippen molar-refractivity contribution >= 4 is 22.6 Å². The van der Waals surface area contributed by atoms with Gasteiger partial charge in [-0.2, -0.15) is 0 Å². The Morgan fingerprint density at radius 2 is 1.62 bits per heavy atom. The Bertz CT molecular complexity index is 1260. The Morgan fingerprint density at radius 3 is 2.34 bits per heavy atom. The number of benzene rings is 3. The summed E-state index contributed by atoms with van der Waals surface area (Å²) in [6.07, 6.45) is 2.32. The van der Waals surface area contributed by atoms with Crippen LogP contribution in [0.25, 0.3) is 27.8 Å². The number of hydrogen-bond donors (Lipinski definition) is 0. The van der Waals surface area contributed by atoms with Gasteiger partial charge in [-0.1, -0.05) is 87.2 Å². The number of para-hydroxylation sites is 1. The van der Waals surface area contributed by atoms with Gasteiger partial charge in [0.15, 0.2) is 0 Å². The summed E-state index contributed by atoms with van der Waals surface area (Å²) in [6, 6.07) is 24.4. The molecule has 0 aliphatic carbocycles. The van der Waals surface area contributed by atoms with Gasteiger partial charge in [0.1, 0.15) is 5.76 Å². The summed E-state index contributed by atoms with van der Waals surface area (Å²) in [4.78, 5) is 13.3. The maximum atomic E-state index is 13.3. The first-order valence-corrected chi connectivity index (χ1v) is 11.1. The SMILES string of the molecule is C=C(OCC)c1ccc(CC(=O)n2cc(-c3ccccc3C(C)C)c3ccccc32)cc1. The molecular weight excluding hydrogens is 394 g/mol. The molecule has 32 heavy (non-hydrogen) atoms. The lowest BCUT2D eigenvalue weighted by Crippen LogP contribution is -2.12. The smallest absolute Gasteiger partial charge is 0.235 e. The van der Waals surface area contributed by atoms with E-state index < -0.39 is 0 Å². The molecule has 0 N–H and O–H groups in total. The van der Waals surface area contributed by atoms with E-state index in [0.29, 0.717) is 24.7 Å². The Kier molecular flexibility index (Phi) is 6.27. The molecule has 0 atom stereocenters. The topological polar surface area (TPSA) is 31.2 Å². The normalized spacial score (nSPS) is 11.1. The van der Waals surface area contributed by atoms with Crippen LogP contribution in [0.5, 0.6) is 0 Å². The van der Waals surface area contributed by atoms with Gasteiger partial charge in [-0.15, -0.1) is 0 Å². The average Bonchev–Trinajstić information content (AvgIpc) is 3.19. The predicted octanol–water partition coefficient (Wildman–Crippen LogP) is 7.32. The second-order valence-corrected chi connectivity index (χ2v) is 8.30. The van der Waals surface area contributed by atoms with E-state index in [9.17, 15) is 4.79 Å². The van der Waals surface area contributed by atoms with Crippen LogP contribution < -0.4 is 0 Å². The van der Waals surface area contributed by atoms with Gasteiger partial charge in [0.2, 0.25) is 5.91 Å². The van der Waals surface area contributed by atoms with Crippen LogP contribution in [0.4, 0.5) is 0 Å². The van der Waals surface area contributed by atoms with Crippen LogP contribution in [0.3, 0.4) is 0 Å². The molecule has 162 valence electrons. The number of fused-ring (bicyclic) bond motifs is 1. The molecule has 0 bridgehead atoms. The highest BCUT2D eigenvalue weighted by molar-refractivity contribution is 6.02. The van der Waals surface area contributed by atoms with Crippen LogP contribution in [0.2, 0.25) is 0 Å². The molecule has 3 nitrogen and oxygen atoms in total. The molecule has 1 aromatic heterocycles. The Labute approximate surface area is 190 Å². The number of rotatable bonds is 7. The monoisotopic (exact) mass is 423 g/mol. The van der Waals surface area contributed by atoms with Gasteiger partial charge >= 0.3 is 0 Å². The van der Waals surface area contributed by atoms with Gasteiger partial charge in [0.05, 0.1) is 18.5 Å². The molecule has 0 saturated heterocycles. The van der Waals surface area contributed by atoms with Crippen molar-refractivity contribution in [3.63, 3.8) is 0 Å². The van der Waals surface area contributed by atoms with E-state index in [1.54, 1.807) is 4.57 Å². The summed E-state index contributed by atoms with van der Waals surface area (Å²) in [7, 11) is 0. The molecular formula is C29H29NO2. The minimum Gasteiger partial charge on any atom is -0.494 e. The fourth-order valence-electron chi connectivity index (χ4n) is 4.17. The zero-order valence-corrected chi connectivity index (χ0v) is 19.0. The number of nitrogens with zero attached hydrogens (tertiary/aromatic N) is 1. The van der Waals surface area contributed by atoms with E-state index in [2.05, 4.69) is 50.8 Å². The van der Waals surface area contributed by atoms with Crippen LogP contribution in [-0.4, -0.2) is 17.1 Å². The van der Waals surface area contributed by atoms with Gasteiger partial charge < -0.3 is 4.74 Å². The molecule has 1 heterocycles. The maximum absolute atomic E-state index is 13.3. The fraction of sp³-hybridized carbons (Fsp3) is 0.207. The largest absolute Gasteiger partial charge is 0.494 e. The van der Waals surface area contributed by atoms with Crippen LogP contribution in [0.15, 0.2) is 85.6 Å². The summed E-state index contributed by atoms with van der Waals surface area (Å²) < 4.78 is 7.27. The molecule has 0 fully saturated rings. The third-order valence-electron chi connectivity index (χ3n) is 5.80. The Balaban J connectivity index is 1.69. The first kappa shape index (κ1) is 21.6. The molecule has 0 spiro atoms. The Morgan fingerprint density at radius 1 is 0.938 bits per heavy atom. The highest BCUT2D eigenvalue weighted by atomic mass is 16.5. The van der Waals surface area contributed by atoms with Crippen molar-refractivity contribution in [2.24, 2.45) is 0 Å². The highest BCUT2D eigenvalue weighted by Gasteiger charge is 2.17. The number of hydrogen-bond acceptors (Lipinski definition) is 2. The van der Waals surface area contributed by atoms with E-state index in [1.165, 1.54) is 11.1 Å². The minimum atomic E-state index is 0.0471. The van der Waals surface area contributed by atoms with Gasteiger partial charge in [-0.05, 0) is 35.6 Å². The van der Waals surface area contributed by atoms with Crippen LogP contribution in [0, 0.1) is 0 Å². The molecule has 3 heteroatoms. The predicted molar refractivity (Wildman–Crippen MR) is 133 cm³/mol. The molecule has 0 saturated carbocycles. The quantitative estimate of drug-likeness (QED) is 0.292. The van der Waals surface area contributed by atoms with E-state index in [0.717, 1.165) is 27.6 Å². The first-order chi connectivity index (χ1) is 15.5. The van der Waals surface area contributed by atoms with Crippen molar-refractivity contribution in [1.29, 1.82) is 0 Å². The molecule has 0 aliphatic rings. The number of aromatic nitrogens is 1. The number of ether oxygens (including phenoxy) is 1. The number of carbonyl (C=O) groups excluding carboxylic acids is 1. The Hall–Kier alpha value is -3.59. The summed E-state index contributed by atoms with van der Waals surface area (Å²) in [6.45, 7) is 10.9. The van der Waals surface area contributed by atoms with Gasteiger partial charge in [-0.25, -0.2) is 0 Å². The summed E-state index contributed by atoms with van der Waals surface area (Å²) in [5.74, 6) is 1.09. The molecule has 0 unspecified atom stereocenters. The zero-order valence-electron chi connectivity index (χ0n) is 19.0. The number of carbonyl (C=O) groups is 1. The lowest BCUT2D eigenvalue weighted by atomic mass is 9.92. The molecule has 4 rings (SSSR count). The van der Waals surface area contributed by atoms with Crippen molar-refractivity contribution in [2.45, 2.75) is 33.1 Å². The van der Waals surface area contributed by atoms with Crippen LogP contribution in [-0.2, 0) is 11.2 Å². The first-order valence-electron chi connectivity index (χ1n) is 11.1. The third-order valence-corrected chi connectivity index (χ3v) is 5.80. The third kappa shape index (κ3) is 4.24. The molecule has 3 aromatic carbocycles. The standard InChI is InChI=1S/C29H29NO2/c1-5-32-21(4)23-16-14-22(15-17-23)18-29(31)30-19-27(26-12-8-9-13-28(26)30)25-11-7-6-10-24(25)20(2)3/h6-17,19-20H,4-5,18H2,1-3H3. The van der Waals surface area contributed by atoms with Gasteiger partial charge in [0, 0.05) is 22.7 Å². The second-order valence-electron chi connectivity index (χ2n) is 8.30. The van der Waals surface area contributed by atoms with E-state index in [-0.39, 0.29) is 5.91 Å². The average molecular weight is 424 g/mol. The summed E-state index contributed by atoms with van der Waals surface area (Å²) >= 11 is 0. The van der Waals surface area contributed by atoms with Gasteiger partial charge in [-0.3, -0.25) is 9.36 Å². The van der Waals surface area contributed by atoms with Gasteiger partial charge in [0.25, 0.3) is 0 Å². The van der Waals surface area contributed by atoms with E-state index >= 15 is 0 Å². The molecule has 0 radical (unpaired) electrons. The van der Waals surface area contributed by atoms with Crippen LogP contribution in [0.1, 0.15) is 48.2 Å². The van der Waals surface area contributed by atoms with Crippen molar-refractivity contribution in [3.8, 4) is 11.1 Å². The second kappa shape index (κ2) is 9.27. The van der Waals surface area contributed by atoms with Crippen molar-refractivity contribution < 1.29 is 9.53 Å². The minimum absolute atomic E-state index is 0.0471. The maximum Gasteiger partial charge on any atom is 0.235 e. The van der Waals surface area contributed by atoms with E-state index in [1.807, 2.05) is 55.6 Å².